The maximum absolute atomic E-state index is 11.4. The van der Waals surface area contributed by atoms with Gasteiger partial charge in [0.15, 0.2) is 0 Å². The molecule has 0 unspecified atom stereocenters. The Morgan fingerprint density at radius 2 is 1.73 bits per heavy atom. The molecule has 0 aromatic heterocycles. The lowest BCUT2D eigenvalue weighted by molar-refractivity contribution is -0.0862. The molecule has 2 aromatic rings. The van der Waals surface area contributed by atoms with Crippen LogP contribution in [0.5, 0.6) is 11.5 Å². The predicted molar refractivity (Wildman–Crippen MR) is 109 cm³/mol. The van der Waals surface area contributed by atoms with E-state index in [0.717, 1.165) is 23.0 Å². The molecule has 4 rings (SSSR count). The third-order valence-electron chi connectivity index (χ3n) is 6.71. The lowest BCUT2D eigenvalue weighted by Crippen LogP contribution is -2.51. The van der Waals surface area contributed by atoms with Gasteiger partial charge in [-0.15, -0.1) is 0 Å². The first-order valence-electron chi connectivity index (χ1n) is 9.61. The molecule has 1 N–H and O–H groups in total. The van der Waals surface area contributed by atoms with E-state index in [0.29, 0.717) is 11.8 Å². The van der Waals surface area contributed by atoms with Crippen LogP contribution in [0.15, 0.2) is 54.6 Å². The Hall–Kier alpha value is -1.45. The smallest absolute Gasteiger partial charge is 0.127 e. The van der Waals surface area contributed by atoms with E-state index >= 15 is 0 Å². The van der Waals surface area contributed by atoms with Crippen LogP contribution >= 0.6 is 11.8 Å². The second-order valence-electron chi connectivity index (χ2n) is 8.41. The van der Waals surface area contributed by atoms with Crippen LogP contribution in [0.2, 0.25) is 0 Å². The van der Waals surface area contributed by atoms with Gasteiger partial charge in [-0.25, -0.2) is 0 Å². The molecule has 0 spiro atoms. The van der Waals surface area contributed by atoms with Gasteiger partial charge in [0, 0.05) is 11.5 Å². The lowest BCUT2D eigenvalue weighted by Gasteiger charge is -2.46. The molecule has 2 aromatic carbocycles. The number of hydrogen-bond donors (Lipinski definition) is 1. The summed E-state index contributed by atoms with van der Waals surface area (Å²) >= 11 is 1.85. The van der Waals surface area contributed by atoms with Crippen molar-refractivity contribution in [2.75, 3.05) is 5.75 Å². The van der Waals surface area contributed by atoms with Crippen molar-refractivity contribution >= 4 is 11.8 Å². The monoisotopic (exact) mass is 368 g/mol. The molecule has 0 saturated heterocycles. The standard InChI is InChI=1S/C23H28O2S/c1-22(2)18-11-12-19(14-18)23(22,24)16-26-15-17-7-6-10-21(13-17)25-20-8-4-3-5-9-20/h3-10,13,18-19,24H,11-12,14-16H2,1-2H3/t18-,19+,23+/m1/s1. The van der Waals surface area contributed by atoms with Crippen LogP contribution in [0.4, 0.5) is 0 Å². The van der Waals surface area contributed by atoms with E-state index in [1.807, 2.05) is 54.2 Å². The summed E-state index contributed by atoms with van der Waals surface area (Å²) in [5.41, 5.74) is 0.771. The molecular weight excluding hydrogens is 340 g/mol. The van der Waals surface area contributed by atoms with Gasteiger partial charge in [0.05, 0.1) is 5.60 Å². The maximum Gasteiger partial charge on any atom is 0.127 e. The summed E-state index contributed by atoms with van der Waals surface area (Å²) < 4.78 is 5.93. The largest absolute Gasteiger partial charge is 0.457 e. The summed E-state index contributed by atoms with van der Waals surface area (Å²) in [5.74, 6) is 4.64. The van der Waals surface area contributed by atoms with Gasteiger partial charge < -0.3 is 9.84 Å². The van der Waals surface area contributed by atoms with Crippen LogP contribution < -0.4 is 4.74 Å². The summed E-state index contributed by atoms with van der Waals surface area (Å²) in [6, 6.07) is 18.2. The van der Waals surface area contributed by atoms with Crippen molar-refractivity contribution in [1.82, 2.24) is 0 Å². The normalized spacial score (nSPS) is 29.0. The van der Waals surface area contributed by atoms with E-state index in [4.69, 9.17) is 4.74 Å². The van der Waals surface area contributed by atoms with Crippen molar-refractivity contribution in [3.63, 3.8) is 0 Å². The Bertz CT molecular complexity index is 758. The van der Waals surface area contributed by atoms with Crippen molar-refractivity contribution < 1.29 is 9.84 Å². The highest BCUT2D eigenvalue weighted by Gasteiger charge is 2.61. The first-order valence-corrected chi connectivity index (χ1v) is 10.8. The van der Waals surface area contributed by atoms with Crippen LogP contribution in [-0.2, 0) is 5.75 Å². The topological polar surface area (TPSA) is 29.5 Å². The third-order valence-corrected chi connectivity index (χ3v) is 7.89. The predicted octanol–water partition coefficient (Wildman–Crippen LogP) is 5.90. The molecule has 0 radical (unpaired) electrons. The summed E-state index contributed by atoms with van der Waals surface area (Å²) in [7, 11) is 0. The van der Waals surface area contributed by atoms with Gasteiger partial charge in [-0.3, -0.25) is 0 Å². The van der Waals surface area contributed by atoms with E-state index in [-0.39, 0.29) is 5.41 Å². The molecule has 2 saturated carbocycles. The molecule has 2 aliphatic carbocycles. The maximum atomic E-state index is 11.4. The number of benzene rings is 2. The Morgan fingerprint density at radius 3 is 2.46 bits per heavy atom. The molecule has 0 aliphatic heterocycles. The lowest BCUT2D eigenvalue weighted by atomic mass is 9.66. The van der Waals surface area contributed by atoms with Crippen LogP contribution in [0, 0.1) is 17.3 Å². The minimum atomic E-state index is -0.515. The first kappa shape index (κ1) is 17.9. The van der Waals surface area contributed by atoms with E-state index < -0.39 is 5.60 Å². The molecule has 2 fully saturated rings. The zero-order chi connectivity index (χ0) is 18.2. The molecule has 2 aliphatic rings. The molecule has 2 bridgehead atoms. The molecular formula is C23H28O2S. The van der Waals surface area contributed by atoms with Gasteiger partial charge in [0.25, 0.3) is 0 Å². The zero-order valence-corrected chi connectivity index (χ0v) is 16.5. The minimum Gasteiger partial charge on any atom is -0.457 e. The minimum absolute atomic E-state index is 0.0428. The summed E-state index contributed by atoms with van der Waals surface area (Å²) in [5, 5.41) is 11.4. The van der Waals surface area contributed by atoms with E-state index in [1.165, 1.54) is 24.8 Å². The van der Waals surface area contributed by atoms with Gasteiger partial charge in [0.2, 0.25) is 0 Å². The van der Waals surface area contributed by atoms with Crippen molar-refractivity contribution in [3.8, 4) is 11.5 Å². The molecule has 3 atom stereocenters. The van der Waals surface area contributed by atoms with Crippen LogP contribution in [0.3, 0.4) is 0 Å². The average molecular weight is 369 g/mol. The van der Waals surface area contributed by atoms with E-state index in [9.17, 15) is 5.11 Å². The highest BCUT2D eigenvalue weighted by atomic mass is 32.2. The number of para-hydroxylation sites is 1. The van der Waals surface area contributed by atoms with Gasteiger partial charge in [-0.2, -0.15) is 11.8 Å². The van der Waals surface area contributed by atoms with E-state index in [2.05, 4.69) is 26.0 Å². The number of aliphatic hydroxyl groups is 1. The molecule has 138 valence electrons. The van der Waals surface area contributed by atoms with Crippen molar-refractivity contribution in [3.05, 3.63) is 60.2 Å². The molecule has 0 heterocycles. The third kappa shape index (κ3) is 3.16. The Balaban J connectivity index is 1.37. The fourth-order valence-corrected chi connectivity index (χ4v) is 6.34. The molecule has 3 heteroatoms. The van der Waals surface area contributed by atoms with Gasteiger partial charge in [0.1, 0.15) is 11.5 Å². The second kappa shape index (κ2) is 6.94. The Kier molecular flexibility index (Phi) is 4.79. The van der Waals surface area contributed by atoms with Crippen molar-refractivity contribution in [1.29, 1.82) is 0 Å². The number of hydrogen-bond acceptors (Lipinski definition) is 3. The first-order chi connectivity index (χ1) is 12.5. The average Bonchev–Trinajstić information content (AvgIpc) is 3.19. The molecule has 26 heavy (non-hydrogen) atoms. The highest BCUT2D eigenvalue weighted by molar-refractivity contribution is 7.98. The van der Waals surface area contributed by atoms with Crippen LogP contribution in [-0.4, -0.2) is 16.5 Å². The van der Waals surface area contributed by atoms with Gasteiger partial charge in [-0.1, -0.05) is 44.2 Å². The summed E-state index contributed by atoms with van der Waals surface area (Å²) in [6.45, 7) is 4.54. The number of rotatable bonds is 6. The highest BCUT2D eigenvalue weighted by Crippen LogP contribution is 2.62. The number of thioether (sulfide) groups is 1. The van der Waals surface area contributed by atoms with Gasteiger partial charge >= 0.3 is 0 Å². The summed E-state index contributed by atoms with van der Waals surface area (Å²) in [6.07, 6.45) is 3.71. The quantitative estimate of drug-likeness (QED) is 0.688. The van der Waals surface area contributed by atoms with Crippen molar-refractivity contribution in [2.45, 2.75) is 44.5 Å². The van der Waals surface area contributed by atoms with Crippen LogP contribution in [0.1, 0.15) is 38.7 Å². The SMILES string of the molecule is CC1(C)[C@@H]2CC[C@@H](C2)[C@@]1(O)CSCc1cccc(Oc2ccccc2)c1. The molecule has 0 amide bonds. The Morgan fingerprint density at radius 1 is 1.00 bits per heavy atom. The van der Waals surface area contributed by atoms with Gasteiger partial charge in [-0.05, 0) is 66.3 Å². The fourth-order valence-electron chi connectivity index (χ4n) is 4.90. The Labute approximate surface area is 161 Å². The zero-order valence-electron chi connectivity index (χ0n) is 15.7. The fraction of sp³-hybridized carbons (Fsp3) is 0.478. The van der Waals surface area contributed by atoms with E-state index in [1.54, 1.807) is 0 Å². The molecule has 2 nitrogen and oxygen atoms in total. The van der Waals surface area contributed by atoms with Crippen molar-refractivity contribution in [2.24, 2.45) is 17.3 Å². The summed E-state index contributed by atoms with van der Waals surface area (Å²) in [4.78, 5) is 0. The number of fused-ring (bicyclic) bond motifs is 2. The van der Waals surface area contributed by atoms with Crippen LogP contribution in [0.25, 0.3) is 0 Å². The number of ether oxygens (including phenoxy) is 1. The second-order valence-corrected chi connectivity index (χ2v) is 9.39.